The number of rotatable bonds is 1. The fourth-order valence-corrected chi connectivity index (χ4v) is 1.73. The van der Waals surface area contributed by atoms with Crippen LogP contribution >= 0.6 is 45.5 Å². The van der Waals surface area contributed by atoms with E-state index in [1.165, 1.54) is 9.15 Å². The van der Waals surface area contributed by atoms with Gasteiger partial charge in [0.25, 0.3) is 0 Å². The molecule has 0 aromatic carbocycles. The summed E-state index contributed by atoms with van der Waals surface area (Å²) < 4.78 is 4.34. The first-order valence-electron chi connectivity index (χ1n) is 3.53. The lowest BCUT2D eigenvalue weighted by molar-refractivity contribution is 1.31. The van der Waals surface area contributed by atoms with Crippen LogP contribution in [0.25, 0.3) is 0 Å². The fraction of sp³-hybridized carbons (Fsp3) is 0.111. The van der Waals surface area contributed by atoms with Crippen molar-refractivity contribution in [3.05, 3.63) is 45.2 Å². The fourth-order valence-electron chi connectivity index (χ4n) is 0.878. The van der Waals surface area contributed by atoms with Gasteiger partial charge in [-0.3, -0.25) is 0 Å². The van der Waals surface area contributed by atoms with Gasteiger partial charge in [-0.25, -0.2) is 0 Å². The van der Waals surface area contributed by atoms with Crippen molar-refractivity contribution >= 4 is 45.5 Å². The second-order valence-electron chi connectivity index (χ2n) is 2.49. The Kier molecular flexibility index (Phi) is 4.34. The first-order valence-corrected chi connectivity index (χ1v) is 5.68. The summed E-state index contributed by atoms with van der Waals surface area (Å²) in [6, 6.07) is 0. The molecule has 1 nitrogen and oxygen atoms in total. The predicted molar refractivity (Wildman–Crippen MR) is 70.2 cm³/mol. The van der Waals surface area contributed by atoms with Crippen LogP contribution < -0.4 is 3.53 Å². The summed E-state index contributed by atoms with van der Waals surface area (Å²) in [4.78, 5) is 0. The maximum absolute atomic E-state index is 3.11. The van der Waals surface area contributed by atoms with Gasteiger partial charge in [0.15, 0.2) is 0 Å². The highest BCUT2D eigenvalue weighted by molar-refractivity contribution is 14.1. The lowest BCUT2D eigenvalue weighted by Crippen LogP contribution is -1.95. The van der Waals surface area contributed by atoms with Crippen molar-refractivity contribution in [1.29, 1.82) is 0 Å². The molecule has 1 aliphatic carbocycles. The van der Waals surface area contributed by atoms with Crippen LogP contribution in [0.5, 0.6) is 0 Å². The summed E-state index contributed by atoms with van der Waals surface area (Å²) >= 11 is 4.44. The molecule has 0 spiro atoms. The van der Waals surface area contributed by atoms with Gasteiger partial charge < -0.3 is 3.53 Å². The Morgan fingerprint density at radius 1 is 1.33 bits per heavy atom. The third kappa shape index (κ3) is 3.30. The molecule has 0 atom stereocenters. The first kappa shape index (κ1) is 10.3. The van der Waals surface area contributed by atoms with Crippen molar-refractivity contribution in [2.75, 3.05) is 0 Å². The molecule has 3 heteroatoms. The highest BCUT2D eigenvalue weighted by Crippen LogP contribution is 2.15. The third-order valence-corrected chi connectivity index (χ3v) is 2.69. The maximum atomic E-state index is 3.11. The van der Waals surface area contributed by atoms with E-state index >= 15 is 0 Å². The Balaban J connectivity index is 2.97. The highest BCUT2D eigenvalue weighted by atomic mass is 127. The molecule has 12 heavy (non-hydrogen) atoms. The van der Waals surface area contributed by atoms with E-state index in [9.17, 15) is 0 Å². The van der Waals surface area contributed by atoms with Crippen molar-refractivity contribution in [2.45, 2.75) is 6.92 Å². The molecule has 0 aromatic heterocycles. The number of allylic oxidation sites excluding steroid dienone is 7. The largest absolute Gasteiger partial charge is 0.328 e. The minimum atomic E-state index is 1.14. The van der Waals surface area contributed by atoms with Crippen LogP contribution in [0.2, 0.25) is 0 Å². The Labute approximate surface area is 100 Å². The second-order valence-corrected chi connectivity index (χ2v) is 4.28. The van der Waals surface area contributed by atoms with Crippen LogP contribution in [-0.2, 0) is 0 Å². The monoisotopic (exact) mass is 385 g/mol. The molecular weight excluding hydrogens is 376 g/mol. The van der Waals surface area contributed by atoms with Gasteiger partial charge in [-0.05, 0) is 53.3 Å². The van der Waals surface area contributed by atoms with E-state index in [1.54, 1.807) is 0 Å². The Hall–Kier alpha value is 0.220. The molecule has 0 aliphatic heterocycles. The second kappa shape index (κ2) is 5.06. The van der Waals surface area contributed by atoms with E-state index in [4.69, 9.17) is 0 Å². The molecule has 0 bridgehead atoms. The standard InChI is InChI=1S/C9H9I2N/c1-7-3-2-4-8(10)6-9(5-7)12-11/h2-6,12H,1H3. The van der Waals surface area contributed by atoms with E-state index < -0.39 is 0 Å². The zero-order valence-corrected chi connectivity index (χ0v) is 11.0. The van der Waals surface area contributed by atoms with Gasteiger partial charge in [0, 0.05) is 9.28 Å². The van der Waals surface area contributed by atoms with Crippen LogP contribution in [-0.4, -0.2) is 0 Å². The van der Waals surface area contributed by atoms with Gasteiger partial charge in [-0.15, -0.1) is 0 Å². The lowest BCUT2D eigenvalue weighted by Gasteiger charge is -2.02. The Morgan fingerprint density at radius 2 is 2.08 bits per heavy atom. The number of hydrogen-bond acceptors (Lipinski definition) is 1. The van der Waals surface area contributed by atoms with Crippen molar-refractivity contribution in [2.24, 2.45) is 0 Å². The van der Waals surface area contributed by atoms with Gasteiger partial charge in [0.2, 0.25) is 0 Å². The zero-order chi connectivity index (χ0) is 8.97. The Morgan fingerprint density at radius 3 is 2.75 bits per heavy atom. The van der Waals surface area contributed by atoms with Gasteiger partial charge >= 0.3 is 0 Å². The van der Waals surface area contributed by atoms with Crippen LogP contribution in [0, 0.1) is 0 Å². The molecule has 0 saturated carbocycles. The van der Waals surface area contributed by atoms with Crippen molar-refractivity contribution < 1.29 is 0 Å². The minimum Gasteiger partial charge on any atom is -0.328 e. The van der Waals surface area contributed by atoms with Crippen molar-refractivity contribution in [1.82, 2.24) is 3.53 Å². The normalized spacial score (nSPS) is 17.1. The topological polar surface area (TPSA) is 12.0 Å². The van der Waals surface area contributed by atoms with Crippen LogP contribution in [0.4, 0.5) is 0 Å². The molecule has 1 aliphatic rings. The SMILES string of the molecule is CC1=CC(NI)=CC(I)=CC=C1. The van der Waals surface area contributed by atoms with E-state index in [2.05, 4.69) is 86.3 Å². The average Bonchev–Trinajstić information content (AvgIpc) is 2.00. The predicted octanol–water partition coefficient (Wildman–Crippen LogP) is 3.64. The number of halogens is 2. The van der Waals surface area contributed by atoms with Crippen LogP contribution in [0.15, 0.2) is 45.2 Å². The molecule has 1 N–H and O–H groups in total. The minimum absolute atomic E-state index is 1.14. The quantitative estimate of drug-likeness (QED) is 0.537. The highest BCUT2D eigenvalue weighted by Gasteiger charge is 1.94. The van der Waals surface area contributed by atoms with Crippen LogP contribution in [0.1, 0.15) is 6.92 Å². The van der Waals surface area contributed by atoms with Crippen molar-refractivity contribution in [3.63, 3.8) is 0 Å². The lowest BCUT2D eigenvalue weighted by atomic mass is 10.2. The van der Waals surface area contributed by atoms with E-state index in [1.807, 2.05) is 0 Å². The number of hydrogen-bond donors (Lipinski definition) is 1. The summed E-state index contributed by atoms with van der Waals surface area (Å²) in [6.07, 6.45) is 10.5. The molecule has 0 heterocycles. The number of nitrogens with one attached hydrogen (secondary N) is 1. The molecule has 0 aromatic rings. The molecule has 0 radical (unpaired) electrons. The molecule has 0 fully saturated rings. The molecule has 1 rings (SSSR count). The molecule has 0 unspecified atom stereocenters. The van der Waals surface area contributed by atoms with Gasteiger partial charge in [0.1, 0.15) is 0 Å². The van der Waals surface area contributed by atoms with Gasteiger partial charge in [-0.2, -0.15) is 0 Å². The molecule has 64 valence electrons. The summed E-state index contributed by atoms with van der Waals surface area (Å²) in [7, 11) is 0. The smallest absolute Gasteiger partial charge is 0.0560 e. The third-order valence-electron chi connectivity index (χ3n) is 1.40. The summed E-state index contributed by atoms with van der Waals surface area (Å²) in [6.45, 7) is 2.09. The summed E-state index contributed by atoms with van der Waals surface area (Å²) in [5, 5.41) is 0. The van der Waals surface area contributed by atoms with E-state index in [0.717, 1.165) is 5.70 Å². The summed E-state index contributed by atoms with van der Waals surface area (Å²) in [5.74, 6) is 0. The average molecular weight is 385 g/mol. The van der Waals surface area contributed by atoms with Gasteiger partial charge in [0.05, 0.1) is 22.9 Å². The molecule has 0 saturated heterocycles. The van der Waals surface area contributed by atoms with E-state index in [0.29, 0.717) is 0 Å². The first-order chi connectivity index (χ1) is 5.72. The Bertz CT molecular complexity index is 285. The molecule has 0 amide bonds. The van der Waals surface area contributed by atoms with Crippen molar-refractivity contribution in [3.8, 4) is 0 Å². The van der Waals surface area contributed by atoms with Gasteiger partial charge in [-0.1, -0.05) is 12.2 Å². The molecular formula is C9H9I2N. The zero-order valence-electron chi connectivity index (χ0n) is 6.64. The summed E-state index contributed by atoms with van der Waals surface area (Å²) in [5.41, 5.74) is 2.39. The maximum Gasteiger partial charge on any atom is 0.0560 e. The van der Waals surface area contributed by atoms with Crippen LogP contribution in [0.3, 0.4) is 0 Å². The van der Waals surface area contributed by atoms with E-state index in [-0.39, 0.29) is 0 Å².